The monoisotopic (exact) mass is 344 g/mol. The van der Waals surface area contributed by atoms with Gasteiger partial charge in [-0.2, -0.15) is 5.10 Å². The molecule has 1 aromatic heterocycles. The summed E-state index contributed by atoms with van der Waals surface area (Å²) in [7, 11) is 1.75. The molecule has 25 heavy (non-hydrogen) atoms. The standard InChI is InChI=1S/C19H25FN4O/c1-12(18(25)22-13(2)19(3,4)5)10-21-11-16-15-8-7-14(20)9-17(15)24(6)23-16/h7-9,11,13H,1,10H2,2-6H3,(H,22,25). The zero-order valence-corrected chi connectivity index (χ0v) is 15.4. The first-order chi connectivity index (χ1) is 11.6. The Bertz CT molecular complexity index is 830. The smallest absolute Gasteiger partial charge is 0.248 e. The zero-order valence-electron chi connectivity index (χ0n) is 15.4. The highest BCUT2D eigenvalue weighted by atomic mass is 19.1. The first-order valence-corrected chi connectivity index (χ1v) is 8.20. The average molecular weight is 344 g/mol. The highest BCUT2D eigenvalue weighted by Gasteiger charge is 2.22. The minimum absolute atomic E-state index is 0.0235. The van der Waals surface area contributed by atoms with Gasteiger partial charge in [0.15, 0.2) is 0 Å². The van der Waals surface area contributed by atoms with Crippen LogP contribution in [-0.4, -0.2) is 34.5 Å². The van der Waals surface area contributed by atoms with Crippen molar-refractivity contribution in [2.75, 3.05) is 6.54 Å². The molecule has 0 radical (unpaired) electrons. The van der Waals surface area contributed by atoms with Gasteiger partial charge < -0.3 is 5.32 Å². The van der Waals surface area contributed by atoms with Crippen molar-refractivity contribution in [3.8, 4) is 0 Å². The van der Waals surface area contributed by atoms with Gasteiger partial charge in [-0.1, -0.05) is 27.4 Å². The molecule has 0 spiro atoms. The number of carbonyl (C=O) groups is 1. The predicted octanol–water partition coefficient (Wildman–Crippen LogP) is 3.24. The lowest BCUT2D eigenvalue weighted by Gasteiger charge is -2.28. The summed E-state index contributed by atoms with van der Waals surface area (Å²) in [5.74, 6) is -0.510. The number of nitrogens with one attached hydrogen (secondary N) is 1. The number of amides is 1. The van der Waals surface area contributed by atoms with E-state index in [1.165, 1.54) is 12.1 Å². The number of aliphatic imine (C=N–C) groups is 1. The van der Waals surface area contributed by atoms with Crippen molar-refractivity contribution < 1.29 is 9.18 Å². The normalized spacial score (nSPS) is 13.4. The van der Waals surface area contributed by atoms with Gasteiger partial charge in [0.25, 0.3) is 0 Å². The lowest BCUT2D eigenvalue weighted by molar-refractivity contribution is -0.118. The van der Waals surface area contributed by atoms with Crippen molar-refractivity contribution >= 4 is 23.0 Å². The topological polar surface area (TPSA) is 59.3 Å². The van der Waals surface area contributed by atoms with E-state index in [1.807, 2.05) is 6.92 Å². The maximum absolute atomic E-state index is 13.3. The lowest BCUT2D eigenvalue weighted by atomic mass is 9.88. The van der Waals surface area contributed by atoms with Crippen molar-refractivity contribution in [1.29, 1.82) is 0 Å². The Morgan fingerprint density at radius 2 is 2.16 bits per heavy atom. The maximum atomic E-state index is 13.3. The van der Waals surface area contributed by atoms with Gasteiger partial charge in [0, 0.05) is 30.3 Å². The van der Waals surface area contributed by atoms with Gasteiger partial charge in [-0.05, 0) is 30.5 Å². The fourth-order valence-electron chi connectivity index (χ4n) is 2.18. The Kier molecular flexibility index (Phi) is 5.40. The second-order valence-corrected chi connectivity index (χ2v) is 7.30. The molecule has 0 aliphatic rings. The predicted molar refractivity (Wildman–Crippen MR) is 99.3 cm³/mol. The van der Waals surface area contributed by atoms with Gasteiger partial charge in [-0.15, -0.1) is 0 Å². The molecule has 2 rings (SSSR count). The van der Waals surface area contributed by atoms with Crippen LogP contribution in [0.2, 0.25) is 0 Å². The first kappa shape index (κ1) is 18.8. The summed E-state index contributed by atoms with van der Waals surface area (Å²) in [5.41, 5.74) is 1.69. The number of aromatic nitrogens is 2. The Hall–Kier alpha value is -2.50. The molecule has 1 N–H and O–H groups in total. The average Bonchev–Trinajstić information content (AvgIpc) is 2.82. The minimum Gasteiger partial charge on any atom is -0.349 e. The second kappa shape index (κ2) is 7.17. The van der Waals surface area contributed by atoms with Crippen LogP contribution in [0.5, 0.6) is 0 Å². The van der Waals surface area contributed by atoms with Gasteiger partial charge in [0.05, 0.1) is 12.1 Å². The van der Waals surface area contributed by atoms with Crippen molar-refractivity contribution in [3.05, 3.63) is 41.9 Å². The van der Waals surface area contributed by atoms with Crippen LogP contribution >= 0.6 is 0 Å². The number of rotatable bonds is 5. The molecule has 2 aromatic rings. The van der Waals surface area contributed by atoms with Crippen LogP contribution in [-0.2, 0) is 11.8 Å². The molecule has 5 nitrogen and oxygen atoms in total. The molecule has 1 unspecified atom stereocenters. The molecular formula is C19H25FN4O. The molecule has 1 atom stereocenters. The molecule has 0 fully saturated rings. The zero-order chi connectivity index (χ0) is 18.8. The quantitative estimate of drug-likeness (QED) is 0.669. The molecule has 1 aromatic carbocycles. The molecule has 0 aliphatic heterocycles. The number of nitrogens with zero attached hydrogens (tertiary/aromatic N) is 3. The highest BCUT2D eigenvalue weighted by molar-refractivity contribution is 5.98. The van der Waals surface area contributed by atoms with Gasteiger partial charge in [0.1, 0.15) is 11.5 Å². The van der Waals surface area contributed by atoms with Crippen LogP contribution in [0.1, 0.15) is 33.4 Å². The molecule has 6 heteroatoms. The van der Waals surface area contributed by atoms with E-state index >= 15 is 0 Å². The van der Waals surface area contributed by atoms with Crippen molar-refractivity contribution in [2.45, 2.75) is 33.7 Å². The van der Waals surface area contributed by atoms with Crippen LogP contribution in [0.15, 0.2) is 35.3 Å². The third-order valence-corrected chi connectivity index (χ3v) is 4.31. The highest BCUT2D eigenvalue weighted by Crippen LogP contribution is 2.19. The van der Waals surface area contributed by atoms with E-state index in [-0.39, 0.29) is 29.7 Å². The SMILES string of the molecule is C=C(CN=Cc1nn(C)c2cc(F)ccc12)C(=O)NC(C)C(C)(C)C. The fourth-order valence-corrected chi connectivity index (χ4v) is 2.18. The lowest BCUT2D eigenvalue weighted by Crippen LogP contribution is -2.42. The summed E-state index contributed by atoms with van der Waals surface area (Å²) < 4.78 is 14.9. The van der Waals surface area contributed by atoms with E-state index in [0.717, 1.165) is 5.39 Å². The van der Waals surface area contributed by atoms with Gasteiger partial charge >= 0.3 is 0 Å². The van der Waals surface area contributed by atoms with E-state index in [0.29, 0.717) is 16.8 Å². The van der Waals surface area contributed by atoms with Crippen LogP contribution in [0.4, 0.5) is 4.39 Å². The molecule has 0 bridgehead atoms. The third-order valence-electron chi connectivity index (χ3n) is 4.31. The Labute approximate surface area is 147 Å². The van der Waals surface area contributed by atoms with Gasteiger partial charge in [-0.3, -0.25) is 14.5 Å². The number of hydrogen-bond acceptors (Lipinski definition) is 3. The summed E-state index contributed by atoms with van der Waals surface area (Å²) in [6, 6.07) is 4.52. The summed E-state index contributed by atoms with van der Waals surface area (Å²) in [4.78, 5) is 16.4. The Morgan fingerprint density at radius 1 is 1.48 bits per heavy atom. The van der Waals surface area contributed by atoms with Crippen LogP contribution in [0, 0.1) is 11.2 Å². The van der Waals surface area contributed by atoms with Crippen molar-refractivity contribution in [3.63, 3.8) is 0 Å². The van der Waals surface area contributed by atoms with E-state index in [1.54, 1.807) is 24.0 Å². The van der Waals surface area contributed by atoms with E-state index in [4.69, 9.17) is 0 Å². The molecule has 0 aliphatic carbocycles. The molecule has 0 saturated heterocycles. The summed E-state index contributed by atoms with van der Waals surface area (Å²) >= 11 is 0. The largest absolute Gasteiger partial charge is 0.349 e. The molecule has 134 valence electrons. The number of fused-ring (bicyclic) bond motifs is 1. The van der Waals surface area contributed by atoms with E-state index in [2.05, 4.69) is 42.8 Å². The molecule has 1 amide bonds. The fraction of sp³-hybridized carbons (Fsp3) is 0.421. The summed E-state index contributed by atoms with van der Waals surface area (Å²) in [6.07, 6.45) is 1.59. The second-order valence-electron chi connectivity index (χ2n) is 7.30. The maximum Gasteiger partial charge on any atom is 0.248 e. The number of hydrogen-bond donors (Lipinski definition) is 1. The van der Waals surface area contributed by atoms with Gasteiger partial charge in [0.2, 0.25) is 5.91 Å². The van der Waals surface area contributed by atoms with Crippen molar-refractivity contribution in [2.24, 2.45) is 17.5 Å². The molecule has 1 heterocycles. The molecule has 0 saturated carbocycles. The number of carbonyl (C=O) groups excluding carboxylic acids is 1. The number of halogens is 1. The van der Waals surface area contributed by atoms with E-state index in [9.17, 15) is 9.18 Å². The Balaban J connectivity index is 2.04. The summed E-state index contributed by atoms with van der Waals surface area (Å²) in [5, 5.41) is 8.07. The van der Waals surface area contributed by atoms with Crippen LogP contribution in [0.3, 0.4) is 0 Å². The summed E-state index contributed by atoms with van der Waals surface area (Å²) in [6.45, 7) is 12.1. The van der Waals surface area contributed by atoms with Gasteiger partial charge in [-0.25, -0.2) is 4.39 Å². The van der Waals surface area contributed by atoms with Crippen LogP contribution in [0.25, 0.3) is 10.9 Å². The minimum atomic E-state index is -0.308. The number of benzene rings is 1. The third kappa shape index (κ3) is 4.53. The molecular weight excluding hydrogens is 319 g/mol. The van der Waals surface area contributed by atoms with Crippen molar-refractivity contribution in [1.82, 2.24) is 15.1 Å². The number of aryl methyl sites for hydroxylation is 1. The first-order valence-electron chi connectivity index (χ1n) is 8.20. The van der Waals surface area contributed by atoms with Crippen LogP contribution < -0.4 is 5.32 Å². The van der Waals surface area contributed by atoms with E-state index < -0.39 is 0 Å². The Morgan fingerprint density at radius 3 is 2.80 bits per heavy atom.